The van der Waals surface area contributed by atoms with Crippen molar-refractivity contribution in [2.24, 2.45) is 0 Å². The summed E-state index contributed by atoms with van der Waals surface area (Å²) in [5.41, 5.74) is 2.20. The first-order valence-corrected chi connectivity index (χ1v) is 7.25. The first-order valence-electron chi connectivity index (χ1n) is 6.87. The second-order valence-electron chi connectivity index (χ2n) is 4.90. The quantitative estimate of drug-likeness (QED) is 0.810. The van der Waals surface area contributed by atoms with Crippen LogP contribution < -0.4 is 10.5 Å². The number of fused-ring (bicyclic) bond motifs is 1. The minimum atomic E-state index is -0.604. The summed E-state index contributed by atoms with van der Waals surface area (Å²) >= 11 is 6.33. The lowest BCUT2D eigenvalue weighted by Crippen LogP contribution is -2.25. The highest BCUT2D eigenvalue weighted by Gasteiger charge is 2.21. The predicted molar refractivity (Wildman–Crippen MR) is 85.2 cm³/mol. The van der Waals surface area contributed by atoms with Crippen molar-refractivity contribution in [2.45, 2.75) is 27.7 Å². The molecule has 110 valence electrons. The molecule has 0 unspecified atom stereocenters. The molecule has 21 heavy (non-hydrogen) atoms. The third kappa shape index (κ3) is 2.38. The summed E-state index contributed by atoms with van der Waals surface area (Å²) in [5.74, 6) is 0. The van der Waals surface area contributed by atoms with Gasteiger partial charge < -0.3 is 9.32 Å². The summed E-state index contributed by atoms with van der Waals surface area (Å²) < 4.78 is 5.32. The molecule has 1 aromatic carbocycles. The number of nitrogens with zero attached hydrogens (tertiary/aromatic N) is 2. The highest BCUT2D eigenvalue weighted by atomic mass is 35.5. The second-order valence-corrected chi connectivity index (χ2v) is 5.28. The fourth-order valence-electron chi connectivity index (χ4n) is 2.62. The number of aryl methyl sites for hydroxylation is 2. The molecule has 0 spiro atoms. The van der Waals surface area contributed by atoms with Crippen LogP contribution in [-0.2, 0) is 0 Å². The standard InChI is InChI=1S/C16H17ClN2O2/c1-5-19(6-2)15-11(8-18)16(20)21-12-7-9(3)14(17)10(4)13(12)15/h7H,5-6H2,1-4H3. The molecule has 0 aliphatic heterocycles. The molecule has 5 heteroatoms. The van der Waals surface area contributed by atoms with Gasteiger partial charge in [0.25, 0.3) is 0 Å². The Morgan fingerprint density at radius 3 is 2.48 bits per heavy atom. The molecule has 0 N–H and O–H groups in total. The van der Waals surface area contributed by atoms with Gasteiger partial charge >= 0.3 is 5.63 Å². The van der Waals surface area contributed by atoms with E-state index >= 15 is 0 Å². The van der Waals surface area contributed by atoms with Crippen LogP contribution in [0.4, 0.5) is 5.69 Å². The lowest BCUT2D eigenvalue weighted by molar-refractivity contribution is 0.557. The average molecular weight is 305 g/mol. The van der Waals surface area contributed by atoms with Crippen LogP contribution in [0.1, 0.15) is 30.5 Å². The van der Waals surface area contributed by atoms with Gasteiger partial charge in [-0.15, -0.1) is 0 Å². The Morgan fingerprint density at radius 2 is 1.95 bits per heavy atom. The van der Waals surface area contributed by atoms with Gasteiger partial charge in [0, 0.05) is 23.5 Å². The lowest BCUT2D eigenvalue weighted by Gasteiger charge is -2.24. The molecule has 4 nitrogen and oxygen atoms in total. The minimum Gasteiger partial charge on any atom is -0.422 e. The summed E-state index contributed by atoms with van der Waals surface area (Å²) in [6, 6.07) is 3.73. The second kappa shape index (κ2) is 5.79. The number of hydrogen-bond acceptors (Lipinski definition) is 4. The molecule has 0 radical (unpaired) electrons. The highest BCUT2D eigenvalue weighted by Crippen LogP contribution is 2.36. The van der Waals surface area contributed by atoms with E-state index in [4.69, 9.17) is 16.0 Å². The van der Waals surface area contributed by atoms with Crippen molar-refractivity contribution < 1.29 is 4.42 Å². The fourth-order valence-corrected chi connectivity index (χ4v) is 2.77. The van der Waals surface area contributed by atoms with Crippen LogP contribution in [0, 0.1) is 25.2 Å². The number of halogens is 1. The molecule has 2 aromatic rings. The maximum atomic E-state index is 12.1. The Labute approximate surface area is 128 Å². The average Bonchev–Trinajstić information content (AvgIpc) is 2.46. The first kappa shape index (κ1) is 15.4. The van der Waals surface area contributed by atoms with E-state index in [1.54, 1.807) is 6.07 Å². The van der Waals surface area contributed by atoms with E-state index in [9.17, 15) is 10.1 Å². The zero-order valence-corrected chi connectivity index (χ0v) is 13.3. The maximum Gasteiger partial charge on any atom is 0.356 e. The third-order valence-corrected chi connectivity index (χ3v) is 4.30. The van der Waals surface area contributed by atoms with E-state index in [0.717, 1.165) is 16.5 Å². The minimum absolute atomic E-state index is 0.0363. The number of benzene rings is 1. The molecule has 0 amide bonds. The molecule has 0 saturated carbocycles. The van der Waals surface area contributed by atoms with Gasteiger partial charge in [0.2, 0.25) is 0 Å². The van der Waals surface area contributed by atoms with Crippen molar-refractivity contribution in [3.63, 3.8) is 0 Å². The molecule has 0 bridgehead atoms. The molecule has 0 atom stereocenters. The highest BCUT2D eigenvalue weighted by molar-refractivity contribution is 6.33. The number of anilines is 1. The third-order valence-electron chi connectivity index (χ3n) is 3.72. The van der Waals surface area contributed by atoms with Crippen LogP contribution in [0.2, 0.25) is 5.02 Å². The van der Waals surface area contributed by atoms with E-state index in [1.807, 2.05) is 38.7 Å². The Bertz CT molecular complexity index is 799. The molecular formula is C16H17ClN2O2. The van der Waals surface area contributed by atoms with Gasteiger partial charge in [-0.05, 0) is 44.9 Å². The van der Waals surface area contributed by atoms with Gasteiger partial charge in [0.1, 0.15) is 11.7 Å². The van der Waals surface area contributed by atoms with Crippen LogP contribution >= 0.6 is 11.6 Å². The van der Waals surface area contributed by atoms with Crippen molar-refractivity contribution in [3.8, 4) is 6.07 Å². The fraction of sp³-hybridized carbons (Fsp3) is 0.375. The Kier molecular flexibility index (Phi) is 4.24. The van der Waals surface area contributed by atoms with Crippen molar-refractivity contribution >= 4 is 28.3 Å². The number of rotatable bonds is 3. The van der Waals surface area contributed by atoms with Gasteiger partial charge in [-0.25, -0.2) is 4.79 Å². The molecule has 1 aromatic heterocycles. The van der Waals surface area contributed by atoms with Gasteiger partial charge in [-0.2, -0.15) is 5.26 Å². The van der Waals surface area contributed by atoms with Gasteiger partial charge in [0.15, 0.2) is 5.56 Å². The van der Waals surface area contributed by atoms with Gasteiger partial charge in [-0.3, -0.25) is 0 Å². The number of hydrogen-bond donors (Lipinski definition) is 0. The molecule has 0 fully saturated rings. The zero-order chi connectivity index (χ0) is 15.7. The number of nitriles is 1. The van der Waals surface area contributed by atoms with Crippen LogP contribution in [0.5, 0.6) is 0 Å². The molecule has 2 rings (SSSR count). The molecular weight excluding hydrogens is 288 g/mol. The van der Waals surface area contributed by atoms with Crippen molar-refractivity contribution in [1.29, 1.82) is 5.26 Å². The normalized spacial score (nSPS) is 10.7. The van der Waals surface area contributed by atoms with Crippen molar-refractivity contribution in [1.82, 2.24) is 0 Å². The Hall–Kier alpha value is -1.99. The largest absolute Gasteiger partial charge is 0.422 e. The topological polar surface area (TPSA) is 57.2 Å². The smallest absolute Gasteiger partial charge is 0.356 e. The van der Waals surface area contributed by atoms with Gasteiger partial charge in [0.05, 0.1) is 5.69 Å². The summed E-state index contributed by atoms with van der Waals surface area (Å²) in [5, 5.41) is 10.7. The van der Waals surface area contributed by atoms with E-state index in [-0.39, 0.29) is 5.56 Å². The van der Waals surface area contributed by atoms with Crippen LogP contribution in [0.15, 0.2) is 15.3 Å². The van der Waals surface area contributed by atoms with Crippen LogP contribution in [0.3, 0.4) is 0 Å². The van der Waals surface area contributed by atoms with Crippen molar-refractivity contribution in [2.75, 3.05) is 18.0 Å². The Balaban J connectivity index is 3.07. The molecule has 0 aliphatic rings. The van der Waals surface area contributed by atoms with E-state index in [2.05, 4.69) is 0 Å². The van der Waals surface area contributed by atoms with E-state index in [0.29, 0.717) is 29.4 Å². The van der Waals surface area contributed by atoms with Crippen molar-refractivity contribution in [3.05, 3.63) is 38.2 Å². The summed E-state index contributed by atoms with van der Waals surface area (Å²) in [7, 11) is 0. The van der Waals surface area contributed by atoms with Crippen LogP contribution in [0.25, 0.3) is 11.0 Å². The monoisotopic (exact) mass is 304 g/mol. The van der Waals surface area contributed by atoms with E-state index < -0.39 is 5.63 Å². The molecule has 1 heterocycles. The maximum absolute atomic E-state index is 12.1. The lowest BCUT2D eigenvalue weighted by atomic mass is 10.0. The van der Waals surface area contributed by atoms with E-state index in [1.165, 1.54) is 0 Å². The summed E-state index contributed by atoms with van der Waals surface area (Å²) in [6.07, 6.45) is 0. The predicted octanol–water partition coefficient (Wildman–Crippen LogP) is 3.78. The van der Waals surface area contributed by atoms with Gasteiger partial charge in [-0.1, -0.05) is 11.6 Å². The van der Waals surface area contributed by atoms with Crippen LogP contribution in [-0.4, -0.2) is 13.1 Å². The Morgan fingerprint density at radius 1 is 1.33 bits per heavy atom. The summed E-state index contributed by atoms with van der Waals surface area (Å²) in [6.45, 7) is 9.09. The first-order chi connectivity index (χ1) is 9.96. The summed E-state index contributed by atoms with van der Waals surface area (Å²) in [4.78, 5) is 14.1. The molecule has 0 aliphatic carbocycles. The zero-order valence-electron chi connectivity index (χ0n) is 12.6. The SMILES string of the molecule is CCN(CC)c1c(C#N)c(=O)oc2cc(C)c(Cl)c(C)c12. The molecule has 0 saturated heterocycles.